The van der Waals surface area contributed by atoms with E-state index in [1.165, 1.54) is 19.6 Å². The zero-order valence-corrected chi connectivity index (χ0v) is 12.8. The molecule has 3 atom stereocenters. The Morgan fingerprint density at radius 2 is 1.80 bits per heavy atom. The van der Waals surface area contributed by atoms with Crippen LogP contribution >= 0.6 is 27.7 Å². The van der Waals surface area contributed by atoms with Crippen LogP contribution in [0.4, 0.5) is 0 Å². The van der Waals surface area contributed by atoms with Crippen LogP contribution in [0.5, 0.6) is 0 Å². The Morgan fingerprint density at radius 1 is 1.27 bits per heavy atom. The maximum atomic E-state index is 3.64. The summed E-state index contributed by atoms with van der Waals surface area (Å²) in [5, 5.41) is 2.74. The minimum absolute atomic E-state index is 0.782. The van der Waals surface area contributed by atoms with Crippen LogP contribution in [0, 0.1) is 11.8 Å². The maximum Gasteiger partial charge on any atom is 0.0149 e. The van der Waals surface area contributed by atoms with Gasteiger partial charge in [-0.3, -0.25) is 0 Å². The molecule has 1 saturated heterocycles. The summed E-state index contributed by atoms with van der Waals surface area (Å²) in [4.78, 5) is 2.65. The first-order valence-electron chi connectivity index (χ1n) is 5.96. The fraction of sp³-hybridized carbons (Fsp3) is 1.00. The number of halogens is 1. The highest BCUT2D eigenvalue weighted by Crippen LogP contribution is 2.26. The van der Waals surface area contributed by atoms with Crippen molar-refractivity contribution >= 4 is 27.7 Å². The quantitative estimate of drug-likeness (QED) is 0.730. The fourth-order valence-electron chi connectivity index (χ4n) is 2.20. The Bertz CT molecular complexity index is 176. The summed E-state index contributed by atoms with van der Waals surface area (Å²) in [6, 6.07) is 0. The lowest BCUT2D eigenvalue weighted by atomic mass is 9.97. The maximum absolute atomic E-state index is 3.64. The van der Waals surface area contributed by atoms with E-state index in [9.17, 15) is 0 Å². The largest absolute Gasteiger partial charge is 0.301 e. The molecule has 0 radical (unpaired) electrons. The number of hydrogen-bond acceptors (Lipinski definition) is 2. The van der Waals surface area contributed by atoms with E-state index in [4.69, 9.17) is 0 Å². The highest BCUT2D eigenvalue weighted by Gasteiger charge is 2.24. The van der Waals surface area contributed by atoms with Gasteiger partial charge < -0.3 is 4.90 Å². The van der Waals surface area contributed by atoms with Gasteiger partial charge in [-0.25, -0.2) is 0 Å². The molecule has 0 aromatic carbocycles. The molecule has 1 heterocycles. The Labute approximate surface area is 107 Å². The monoisotopic (exact) mass is 293 g/mol. The van der Waals surface area contributed by atoms with Crippen LogP contribution in [0.25, 0.3) is 0 Å². The van der Waals surface area contributed by atoms with Gasteiger partial charge in [-0.05, 0) is 11.8 Å². The second kappa shape index (κ2) is 6.51. The van der Waals surface area contributed by atoms with Gasteiger partial charge in [-0.15, -0.1) is 0 Å². The van der Waals surface area contributed by atoms with Crippen LogP contribution in [0.1, 0.15) is 27.7 Å². The van der Waals surface area contributed by atoms with E-state index in [0.717, 1.165) is 27.7 Å². The Morgan fingerprint density at radius 3 is 2.20 bits per heavy atom. The van der Waals surface area contributed by atoms with E-state index in [0.29, 0.717) is 0 Å². The predicted molar refractivity (Wildman–Crippen MR) is 75.1 cm³/mol. The molecule has 0 aromatic rings. The second-order valence-corrected chi connectivity index (χ2v) is 7.66. The topological polar surface area (TPSA) is 3.24 Å². The average molecular weight is 294 g/mol. The zero-order chi connectivity index (χ0) is 11.4. The molecular formula is C12H24BrNS. The van der Waals surface area contributed by atoms with E-state index in [2.05, 4.69) is 60.3 Å². The van der Waals surface area contributed by atoms with Gasteiger partial charge in [0.25, 0.3) is 0 Å². The lowest BCUT2D eigenvalue weighted by Gasteiger charge is -2.37. The molecule has 0 N–H and O–H groups in total. The van der Waals surface area contributed by atoms with E-state index in [1.807, 2.05) is 0 Å². The smallest absolute Gasteiger partial charge is 0.0149 e. The number of nitrogens with zero attached hydrogens (tertiary/aromatic N) is 1. The van der Waals surface area contributed by atoms with Crippen LogP contribution < -0.4 is 0 Å². The highest BCUT2D eigenvalue weighted by molar-refractivity contribution is 9.09. The molecular weight excluding hydrogens is 270 g/mol. The van der Waals surface area contributed by atoms with Crippen LogP contribution in [-0.4, -0.2) is 40.4 Å². The van der Waals surface area contributed by atoms with Crippen molar-refractivity contribution in [1.29, 1.82) is 0 Å². The van der Waals surface area contributed by atoms with Gasteiger partial charge in [0.05, 0.1) is 0 Å². The van der Waals surface area contributed by atoms with Crippen molar-refractivity contribution < 1.29 is 0 Å². The lowest BCUT2D eigenvalue weighted by molar-refractivity contribution is 0.212. The zero-order valence-electron chi connectivity index (χ0n) is 10.4. The third-order valence-electron chi connectivity index (χ3n) is 3.13. The summed E-state index contributed by atoms with van der Waals surface area (Å²) in [6.45, 7) is 13.2. The van der Waals surface area contributed by atoms with Crippen molar-refractivity contribution in [3.05, 3.63) is 0 Å². The standard InChI is InChI=1S/C12H24BrNS/c1-9(2)12(5-13)8-14-6-10(3)15-11(4)7-14/h9-12H,5-8H2,1-4H3. The molecule has 3 unspecified atom stereocenters. The summed E-state index contributed by atoms with van der Waals surface area (Å²) in [7, 11) is 0. The van der Waals surface area contributed by atoms with Crippen LogP contribution in [0.15, 0.2) is 0 Å². The molecule has 1 aliphatic heterocycles. The minimum Gasteiger partial charge on any atom is -0.301 e. The summed E-state index contributed by atoms with van der Waals surface area (Å²) < 4.78 is 0. The van der Waals surface area contributed by atoms with Crippen LogP contribution in [-0.2, 0) is 0 Å². The van der Waals surface area contributed by atoms with Crippen LogP contribution in [0.3, 0.4) is 0 Å². The number of alkyl halides is 1. The number of thioether (sulfide) groups is 1. The van der Waals surface area contributed by atoms with Crippen molar-refractivity contribution in [2.24, 2.45) is 11.8 Å². The van der Waals surface area contributed by atoms with Gasteiger partial charge in [-0.2, -0.15) is 11.8 Å². The van der Waals surface area contributed by atoms with Crippen molar-refractivity contribution in [3.63, 3.8) is 0 Å². The van der Waals surface area contributed by atoms with Gasteiger partial charge in [0.1, 0.15) is 0 Å². The summed E-state index contributed by atoms with van der Waals surface area (Å²) in [5.74, 6) is 1.58. The molecule has 1 nitrogen and oxygen atoms in total. The van der Waals surface area contributed by atoms with Crippen molar-refractivity contribution in [2.75, 3.05) is 25.0 Å². The Balaban J connectivity index is 2.42. The molecule has 3 heteroatoms. The van der Waals surface area contributed by atoms with Crippen molar-refractivity contribution in [2.45, 2.75) is 38.2 Å². The van der Waals surface area contributed by atoms with Gasteiger partial charge in [0.2, 0.25) is 0 Å². The minimum atomic E-state index is 0.782. The summed E-state index contributed by atoms with van der Waals surface area (Å²) >= 11 is 5.78. The number of rotatable bonds is 4. The third-order valence-corrected chi connectivity index (χ3v) is 5.19. The van der Waals surface area contributed by atoms with Gasteiger partial charge in [0.15, 0.2) is 0 Å². The third kappa shape index (κ3) is 4.66. The van der Waals surface area contributed by atoms with Crippen molar-refractivity contribution in [3.8, 4) is 0 Å². The molecule has 0 saturated carbocycles. The van der Waals surface area contributed by atoms with Crippen molar-refractivity contribution in [1.82, 2.24) is 4.90 Å². The molecule has 1 rings (SSSR count). The first-order valence-corrected chi connectivity index (χ1v) is 8.03. The van der Waals surface area contributed by atoms with E-state index < -0.39 is 0 Å². The first kappa shape index (κ1) is 13.9. The Kier molecular flexibility index (Phi) is 6.01. The molecule has 0 aliphatic carbocycles. The summed E-state index contributed by atoms with van der Waals surface area (Å²) in [5.41, 5.74) is 0. The number of hydrogen-bond donors (Lipinski definition) is 0. The van der Waals surface area contributed by atoms with E-state index in [1.54, 1.807) is 0 Å². The molecule has 0 aromatic heterocycles. The van der Waals surface area contributed by atoms with Gasteiger partial charge in [-0.1, -0.05) is 43.6 Å². The molecule has 0 spiro atoms. The van der Waals surface area contributed by atoms with Crippen LogP contribution in [0.2, 0.25) is 0 Å². The molecule has 90 valence electrons. The molecule has 1 aliphatic rings. The first-order chi connectivity index (χ1) is 7.02. The molecule has 0 bridgehead atoms. The lowest BCUT2D eigenvalue weighted by Crippen LogP contribution is -2.43. The van der Waals surface area contributed by atoms with E-state index >= 15 is 0 Å². The second-order valence-electron chi connectivity index (χ2n) is 5.13. The average Bonchev–Trinajstić information content (AvgIpc) is 2.12. The van der Waals surface area contributed by atoms with Gasteiger partial charge in [0, 0.05) is 35.5 Å². The van der Waals surface area contributed by atoms with Gasteiger partial charge >= 0.3 is 0 Å². The molecule has 1 fully saturated rings. The SMILES string of the molecule is CC1CN(CC(CBr)C(C)C)CC(C)S1. The normalized spacial score (nSPS) is 30.8. The molecule has 0 amide bonds. The summed E-state index contributed by atoms with van der Waals surface area (Å²) in [6.07, 6.45) is 0. The molecule has 15 heavy (non-hydrogen) atoms. The fourth-order valence-corrected chi connectivity index (χ4v) is 4.54. The van der Waals surface area contributed by atoms with E-state index in [-0.39, 0.29) is 0 Å². The highest BCUT2D eigenvalue weighted by atomic mass is 79.9. The predicted octanol–water partition coefficient (Wildman–Crippen LogP) is 3.48. The Hall–Kier alpha value is 0.790.